The molecular formula is C19H23N3O5S2. The minimum Gasteiger partial charge on any atom is -0.493 e. The zero-order chi connectivity index (χ0) is 21.7. The van der Waals surface area contributed by atoms with Gasteiger partial charge in [-0.2, -0.15) is 0 Å². The number of nitrogens with two attached hydrogens (primary N) is 1. The number of benzene rings is 1. The second-order valence-electron chi connectivity index (χ2n) is 5.88. The number of hydrogen-bond donors (Lipinski definition) is 3. The standard InChI is InChI=1S/C19H23N3O5S2/c1-6-11-9(2)29-18(14(11)16(20)23)22-19(28)21-17(24)10-7-12(25-3)15(27-5)13(8-10)26-4/h7-8H,6H2,1-5H3,(H2,20,23)(H2,21,22,24,28). The first-order chi connectivity index (χ1) is 13.8. The molecule has 10 heteroatoms. The lowest BCUT2D eigenvalue weighted by molar-refractivity contribution is 0.0974. The maximum atomic E-state index is 12.6. The summed E-state index contributed by atoms with van der Waals surface area (Å²) in [5, 5.41) is 6.02. The van der Waals surface area contributed by atoms with E-state index in [-0.39, 0.29) is 10.7 Å². The number of rotatable bonds is 7. The molecule has 0 radical (unpaired) electrons. The molecule has 0 aliphatic rings. The van der Waals surface area contributed by atoms with Crippen LogP contribution in [0.1, 0.15) is 38.1 Å². The normalized spacial score (nSPS) is 10.2. The molecule has 0 aliphatic carbocycles. The molecule has 29 heavy (non-hydrogen) atoms. The van der Waals surface area contributed by atoms with Crippen LogP contribution >= 0.6 is 23.6 Å². The molecule has 8 nitrogen and oxygen atoms in total. The minimum absolute atomic E-state index is 0.0372. The molecule has 0 unspecified atom stereocenters. The summed E-state index contributed by atoms with van der Waals surface area (Å²) in [6.07, 6.45) is 0.660. The molecule has 1 aromatic heterocycles. The number of primary amides is 1. The monoisotopic (exact) mass is 437 g/mol. The van der Waals surface area contributed by atoms with Gasteiger partial charge in [0.25, 0.3) is 11.8 Å². The van der Waals surface area contributed by atoms with E-state index in [2.05, 4.69) is 10.6 Å². The summed E-state index contributed by atoms with van der Waals surface area (Å²) >= 11 is 6.60. The van der Waals surface area contributed by atoms with Gasteiger partial charge in [0.2, 0.25) is 5.75 Å². The van der Waals surface area contributed by atoms with Gasteiger partial charge in [-0.1, -0.05) is 6.92 Å². The van der Waals surface area contributed by atoms with Gasteiger partial charge in [0, 0.05) is 10.4 Å². The number of anilines is 1. The highest BCUT2D eigenvalue weighted by atomic mass is 32.1. The number of ether oxygens (including phenoxy) is 3. The third-order valence-corrected chi connectivity index (χ3v) is 5.46. The Bertz CT molecular complexity index is 931. The van der Waals surface area contributed by atoms with Crippen molar-refractivity contribution in [2.45, 2.75) is 20.3 Å². The second-order valence-corrected chi connectivity index (χ2v) is 7.51. The predicted molar refractivity (Wildman–Crippen MR) is 117 cm³/mol. The van der Waals surface area contributed by atoms with Gasteiger partial charge in [-0.25, -0.2) is 0 Å². The van der Waals surface area contributed by atoms with Crippen LogP contribution in [0.5, 0.6) is 17.2 Å². The third-order valence-electron chi connectivity index (χ3n) is 4.19. The minimum atomic E-state index is -0.549. The molecular weight excluding hydrogens is 414 g/mol. The number of nitrogens with one attached hydrogen (secondary N) is 2. The summed E-state index contributed by atoms with van der Waals surface area (Å²) in [4.78, 5) is 25.5. The molecule has 0 saturated heterocycles. The van der Waals surface area contributed by atoms with Crippen molar-refractivity contribution in [3.63, 3.8) is 0 Å². The van der Waals surface area contributed by atoms with Gasteiger partial charge in [0.1, 0.15) is 5.00 Å². The molecule has 0 bridgehead atoms. The average molecular weight is 438 g/mol. The maximum absolute atomic E-state index is 12.6. The Balaban J connectivity index is 2.24. The lowest BCUT2D eigenvalue weighted by atomic mass is 10.1. The number of thiophene rings is 1. The van der Waals surface area contributed by atoms with E-state index in [1.807, 2.05) is 13.8 Å². The van der Waals surface area contributed by atoms with Crippen LogP contribution in [-0.2, 0) is 6.42 Å². The van der Waals surface area contributed by atoms with E-state index in [4.69, 9.17) is 32.2 Å². The number of methoxy groups -OCH3 is 3. The molecule has 0 aliphatic heterocycles. The van der Waals surface area contributed by atoms with Crippen molar-refractivity contribution in [1.82, 2.24) is 5.32 Å². The predicted octanol–water partition coefficient (Wildman–Crippen LogP) is 2.87. The Morgan fingerprint density at radius 1 is 1.14 bits per heavy atom. The van der Waals surface area contributed by atoms with E-state index >= 15 is 0 Å². The summed E-state index contributed by atoms with van der Waals surface area (Å²) in [6, 6.07) is 3.03. The zero-order valence-electron chi connectivity index (χ0n) is 16.8. The van der Waals surface area contributed by atoms with Crippen LogP contribution in [0, 0.1) is 6.92 Å². The highest BCUT2D eigenvalue weighted by molar-refractivity contribution is 7.80. The number of carbonyl (C=O) groups is 2. The second kappa shape index (κ2) is 9.57. The Kier molecular flexibility index (Phi) is 7.40. The van der Waals surface area contributed by atoms with E-state index in [1.165, 1.54) is 44.8 Å². The summed E-state index contributed by atoms with van der Waals surface area (Å²) in [5.41, 5.74) is 7.03. The number of hydrogen-bond acceptors (Lipinski definition) is 7. The van der Waals surface area contributed by atoms with Crippen LogP contribution < -0.4 is 30.6 Å². The molecule has 1 aromatic carbocycles. The van der Waals surface area contributed by atoms with Gasteiger partial charge in [-0.05, 0) is 43.3 Å². The summed E-state index contributed by atoms with van der Waals surface area (Å²) in [6.45, 7) is 3.84. The van der Waals surface area contributed by atoms with Crippen molar-refractivity contribution in [1.29, 1.82) is 0 Å². The van der Waals surface area contributed by atoms with Gasteiger partial charge < -0.3 is 25.3 Å². The molecule has 2 rings (SSSR count). The van der Waals surface area contributed by atoms with Crippen LogP contribution in [0.15, 0.2) is 12.1 Å². The van der Waals surface area contributed by atoms with Crippen LogP contribution in [-0.4, -0.2) is 38.3 Å². The molecule has 2 amide bonds. The van der Waals surface area contributed by atoms with Crippen LogP contribution in [0.3, 0.4) is 0 Å². The number of aryl methyl sites for hydroxylation is 1. The van der Waals surface area contributed by atoms with Crippen molar-refractivity contribution in [2.24, 2.45) is 5.73 Å². The zero-order valence-corrected chi connectivity index (χ0v) is 18.4. The number of amides is 2. The van der Waals surface area contributed by atoms with Gasteiger partial charge in [0.05, 0.1) is 26.9 Å². The van der Waals surface area contributed by atoms with E-state index < -0.39 is 11.8 Å². The Morgan fingerprint density at radius 2 is 1.72 bits per heavy atom. The fourth-order valence-corrected chi connectivity index (χ4v) is 4.29. The Labute approximate surface area is 178 Å². The molecule has 156 valence electrons. The smallest absolute Gasteiger partial charge is 0.257 e. The SMILES string of the molecule is CCc1c(C)sc(NC(=S)NC(=O)c2cc(OC)c(OC)c(OC)c2)c1C(N)=O. The van der Waals surface area contributed by atoms with E-state index in [0.29, 0.717) is 34.2 Å². The molecule has 0 fully saturated rings. The quantitative estimate of drug-likeness (QED) is 0.571. The van der Waals surface area contributed by atoms with Gasteiger partial charge in [0.15, 0.2) is 16.6 Å². The topological polar surface area (TPSA) is 112 Å². The first kappa shape index (κ1) is 22.4. The molecule has 1 heterocycles. The first-order valence-electron chi connectivity index (χ1n) is 8.61. The summed E-state index contributed by atoms with van der Waals surface area (Å²) in [5.74, 6) is 0.0278. The Morgan fingerprint density at radius 3 is 2.17 bits per heavy atom. The highest BCUT2D eigenvalue weighted by Gasteiger charge is 2.21. The molecule has 2 aromatic rings. The van der Waals surface area contributed by atoms with E-state index in [1.54, 1.807) is 0 Å². The van der Waals surface area contributed by atoms with E-state index in [0.717, 1.165) is 10.4 Å². The van der Waals surface area contributed by atoms with Crippen LogP contribution in [0.4, 0.5) is 5.00 Å². The average Bonchev–Trinajstić information content (AvgIpc) is 3.01. The summed E-state index contributed by atoms with van der Waals surface area (Å²) in [7, 11) is 4.39. The van der Waals surface area contributed by atoms with Gasteiger partial charge in [-0.3, -0.25) is 14.9 Å². The van der Waals surface area contributed by atoms with Crippen LogP contribution in [0.25, 0.3) is 0 Å². The fourth-order valence-electron chi connectivity index (χ4n) is 2.87. The van der Waals surface area contributed by atoms with Crippen LogP contribution in [0.2, 0.25) is 0 Å². The first-order valence-corrected chi connectivity index (χ1v) is 9.84. The number of thiocarbonyl (C=S) groups is 1. The van der Waals surface area contributed by atoms with Gasteiger partial charge >= 0.3 is 0 Å². The maximum Gasteiger partial charge on any atom is 0.257 e. The van der Waals surface area contributed by atoms with Crippen molar-refractivity contribution in [3.05, 3.63) is 33.7 Å². The van der Waals surface area contributed by atoms with E-state index in [9.17, 15) is 9.59 Å². The van der Waals surface area contributed by atoms with Crippen molar-refractivity contribution >= 4 is 45.5 Å². The van der Waals surface area contributed by atoms with Gasteiger partial charge in [-0.15, -0.1) is 11.3 Å². The molecule has 4 N–H and O–H groups in total. The molecule has 0 spiro atoms. The number of carbonyl (C=O) groups excluding carboxylic acids is 2. The lowest BCUT2D eigenvalue weighted by Crippen LogP contribution is -2.34. The Hall–Kier alpha value is -2.85. The fraction of sp³-hybridized carbons (Fsp3) is 0.316. The highest BCUT2D eigenvalue weighted by Crippen LogP contribution is 2.38. The lowest BCUT2D eigenvalue weighted by Gasteiger charge is -2.14. The van der Waals surface area contributed by atoms with Crippen molar-refractivity contribution in [3.8, 4) is 17.2 Å². The van der Waals surface area contributed by atoms with Crippen molar-refractivity contribution < 1.29 is 23.8 Å². The molecule has 0 saturated carbocycles. The van der Waals surface area contributed by atoms with Crippen molar-refractivity contribution in [2.75, 3.05) is 26.6 Å². The molecule has 0 atom stereocenters. The summed E-state index contributed by atoms with van der Waals surface area (Å²) < 4.78 is 15.8. The third kappa shape index (κ3) is 4.77. The largest absolute Gasteiger partial charge is 0.493 e.